The summed E-state index contributed by atoms with van der Waals surface area (Å²) in [6, 6.07) is 4.95. The van der Waals surface area contributed by atoms with Gasteiger partial charge in [0.05, 0.1) is 16.2 Å². The normalized spacial score (nSPS) is 19.2. The molecule has 0 amide bonds. The molecule has 0 spiro atoms. The number of aromatic nitrogens is 2. The Morgan fingerprint density at radius 3 is 2.69 bits per heavy atom. The SMILES string of the molecule is CN(C)C1CCCC1Nc1nc2c(F)c(F)cc(C(=Nc3ccc(F)c(Cl)c3)NO)c2[nH]1. The van der Waals surface area contributed by atoms with Crippen molar-refractivity contribution in [2.45, 2.75) is 31.3 Å². The van der Waals surface area contributed by atoms with Crippen LogP contribution < -0.4 is 10.8 Å². The summed E-state index contributed by atoms with van der Waals surface area (Å²) in [7, 11) is 3.99. The van der Waals surface area contributed by atoms with E-state index in [9.17, 15) is 18.4 Å². The molecule has 1 heterocycles. The van der Waals surface area contributed by atoms with Crippen molar-refractivity contribution in [3.63, 3.8) is 0 Å². The van der Waals surface area contributed by atoms with Gasteiger partial charge in [-0.25, -0.2) is 23.1 Å². The number of halogens is 4. The summed E-state index contributed by atoms with van der Waals surface area (Å²) in [6.45, 7) is 0. The van der Waals surface area contributed by atoms with Crippen LogP contribution in [-0.2, 0) is 0 Å². The van der Waals surface area contributed by atoms with Crippen LogP contribution in [0.15, 0.2) is 29.3 Å². The van der Waals surface area contributed by atoms with Crippen LogP contribution >= 0.6 is 11.6 Å². The summed E-state index contributed by atoms with van der Waals surface area (Å²) < 4.78 is 42.3. The molecule has 0 saturated heterocycles. The van der Waals surface area contributed by atoms with E-state index in [1.165, 1.54) is 12.1 Å². The van der Waals surface area contributed by atoms with Gasteiger partial charge in [0.1, 0.15) is 11.3 Å². The highest BCUT2D eigenvalue weighted by atomic mass is 35.5. The van der Waals surface area contributed by atoms with Gasteiger partial charge in [0.15, 0.2) is 17.5 Å². The predicted molar refractivity (Wildman–Crippen MR) is 117 cm³/mol. The zero-order valence-electron chi connectivity index (χ0n) is 17.4. The van der Waals surface area contributed by atoms with E-state index in [-0.39, 0.29) is 51.2 Å². The van der Waals surface area contributed by atoms with Gasteiger partial charge in [0, 0.05) is 17.6 Å². The average molecular weight is 467 g/mol. The Morgan fingerprint density at radius 2 is 2.00 bits per heavy atom. The van der Waals surface area contributed by atoms with Crippen molar-refractivity contribution in [1.29, 1.82) is 0 Å². The number of aliphatic imine (C=N–C) groups is 1. The third kappa shape index (κ3) is 4.25. The average Bonchev–Trinajstić information content (AvgIpc) is 3.39. The van der Waals surface area contributed by atoms with Crippen molar-refractivity contribution in [3.8, 4) is 0 Å². The molecule has 2 aromatic carbocycles. The van der Waals surface area contributed by atoms with Crippen molar-refractivity contribution in [1.82, 2.24) is 20.3 Å². The minimum absolute atomic E-state index is 0.0398. The summed E-state index contributed by atoms with van der Waals surface area (Å²) in [6.07, 6.45) is 2.98. The molecular formula is C21H22ClF3N6O. The van der Waals surface area contributed by atoms with Crippen LogP contribution in [0, 0.1) is 17.5 Å². The Bertz CT molecular complexity index is 1180. The number of fused-ring (bicyclic) bond motifs is 1. The second kappa shape index (κ2) is 8.97. The predicted octanol–water partition coefficient (Wildman–Crippen LogP) is 4.59. The number of hydrogen-bond acceptors (Lipinski definition) is 5. The number of nitrogens with zero attached hydrogens (tertiary/aromatic N) is 3. The molecule has 1 saturated carbocycles. The molecule has 0 aliphatic heterocycles. The van der Waals surface area contributed by atoms with Crippen molar-refractivity contribution in [2.24, 2.45) is 4.99 Å². The summed E-state index contributed by atoms with van der Waals surface area (Å²) in [4.78, 5) is 13.5. The first-order chi connectivity index (χ1) is 15.3. The van der Waals surface area contributed by atoms with Crippen LogP contribution in [0.3, 0.4) is 0 Å². The van der Waals surface area contributed by atoms with Gasteiger partial charge in [-0.1, -0.05) is 11.6 Å². The molecule has 7 nitrogen and oxygen atoms in total. The molecule has 170 valence electrons. The summed E-state index contributed by atoms with van der Waals surface area (Å²) in [5.41, 5.74) is 2.03. The van der Waals surface area contributed by atoms with Gasteiger partial charge in [-0.05, 0) is 57.6 Å². The summed E-state index contributed by atoms with van der Waals surface area (Å²) >= 11 is 5.78. The molecule has 0 bridgehead atoms. The Balaban J connectivity index is 1.76. The number of H-pyrrole nitrogens is 1. The molecule has 1 aliphatic carbocycles. The smallest absolute Gasteiger partial charge is 0.201 e. The first-order valence-corrected chi connectivity index (χ1v) is 10.4. The first kappa shape index (κ1) is 22.4. The van der Waals surface area contributed by atoms with E-state index in [1.807, 2.05) is 19.6 Å². The molecule has 2 atom stereocenters. The second-order valence-corrected chi connectivity index (χ2v) is 8.32. The standard InChI is InChI=1S/C21H22ClF3N6O/c1-31(2)16-5-3-4-15(16)27-21-28-18-11(9-14(24)17(25)19(18)29-21)20(30-32)26-10-6-7-13(23)12(22)8-10/h6-9,15-16,32H,3-5H2,1-2H3,(H,26,30)(H2,27,28,29). The lowest BCUT2D eigenvalue weighted by Crippen LogP contribution is -2.39. The Kier molecular flexibility index (Phi) is 6.27. The minimum Gasteiger partial charge on any atom is -0.351 e. The maximum Gasteiger partial charge on any atom is 0.201 e. The van der Waals surface area contributed by atoms with E-state index in [0.717, 1.165) is 31.4 Å². The van der Waals surface area contributed by atoms with E-state index in [0.29, 0.717) is 0 Å². The zero-order valence-corrected chi connectivity index (χ0v) is 18.1. The third-order valence-electron chi connectivity index (χ3n) is 5.63. The van der Waals surface area contributed by atoms with E-state index in [2.05, 4.69) is 25.2 Å². The number of anilines is 1. The molecule has 1 aliphatic rings. The first-order valence-electron chi connectivity index (χ1n) is 10.0. The number of nitrogens with one attached hydrogen (secondary N) is 3. The van der Waals surface area contributed by atoms with Gasteiger partial charge in [-0.15, -0.1) is 0 Å². The highest BCUT2D eigenvalue weighted by Crippen LogP contribution is 2.29. The molecule has 32 heavy (non-hydrogen) atoms. The molecule has 0 radical (unpaired) electrons. The van der Waals surface area contributed by atoms with Gasteiger partial charge >= 0.3 is 0 Å². The van der Waals surface area contributed by atoms with Crippen LogP contribution in [0.2, 0.25) is 5.02 Å². The van der Waals surface area contributed by atoms with Gasteiger partial charge in [-0.3, -0.25) is 10.7 Å². The molecule has 1 fully saturated rings. The van der Waals surface area contributed by atoms with E-state index >= 15 is 0 Å². The summed E-state index contributed by atoms with van der Waals surface area (Å²) in [5, 5.41) is 12.8. The van der Waals surface area contributed by atoms with Gasteiger partial charge in [0.25, 0.3) is 0 Å². The molecule has 3 aromatic rings. The lowest BCUT2D eigenvalue weighted by Gasteiger charge is -2.26. The number of imidazole rings is 1. The topological polar surface area (TPSA) is 88.6 Å². The highest BCUT2D eigenvalue weighted by Gasteiger charge is 2.30. The number of rotatable bonds is 5. The van der Waals surface area contributed by atoms with E-state index in [1.54, 1.807) is 0 Å². The fraction of sp³-hybridized carbons (Fsp3) is 0.333. The van der Waals surface area contributed by atoms with Gasteiger partial charge < -0.3 is 15.2 Å². The monoisotopic (exact) mass is 466 g/mol. The fourth-order valence-corrected chi connectivity index (χ4v) is 4.26. The minimum atomic E-state index is -1.15. The quantitative estimate of drug-likeness (QED) is 0.251. The van der Waals surface area contributed by atoms with Crippen LogP contribution in [0.5, 0.6) is 0 Å². The highest BCUT2D eigenvalue weighted by molar-refractivity contribution is 6.31. The van der Waals surface area contributed by atoms with Crippen molar-refractivity contribution in [3.05, 3.63) is 52.3 Å². The second-order valence-electron chi connectivity index (χ2n) is 7.91. The van der Waals surface area contributed by atoms with Crippen molar-refractivity contribution < 1.29 is 18.4 Å². The number of benzene rings is 2. The maximum atomic E-state index is 14.5. The molecule has 2 unspecified atom stereocenters. The molecule has 1 aromatic heterocycles. The lowest BCUT2D eigenvalue weighted by molar-refractivity contribution is 0.235. The van der Waals surface area contributed by atoms with Crippen LogP contribution in [0.25, 0.3) is 11.0 Å². The fourth-order valence-electron chi connectivity index (χ4n) is 4.09. The molecule has 11 heteroatoms. The van der Waals surface area contributed by atoms with E-state index < -0.39 is 17.5 Å². The maximum absolute atomic E-state index is 14.5. The van der Waals surface area contributed by atoms with E-state index in [4.69, 9.17) is 11.6 Å². The summed E-state index contributed by atoms with van der Waals surface area (Å²) in [5.74, 6) is -2.82. The van der Waals surface area contributed by atoms with Crippen LogP contribution in [-0.4, -0.2) is 52.1 Å². The zero-order chi connectivity index (χ0) is 23.0. The van der Waals surface area contributed by atoms with Crippen LogP contribution in [0.1, 0.15) is 24.8 Å². The number of likely N-dealkylation sites (N-methyl/N-ethyl adjacent to an activating group) is 1. The van der Waals surface area contributed by atoms with Crippen molar-refractivity contribution >= 4 is 40.1 Å². The van der Waals surface area contributed by atoms with Crippen molar-refractivity contribution in [2.75, 3.05) is 19.4 Å². The Labute approximate surface area is 187 Å². The third-order valence-corrected chi connectivity index (χ3v) is 5.92. The number of amidine groups is 1. The van der Waals surface area contributed by atoms with Crippen LogP contribution in [0.4, 0.5) is 24.8 Å². The largest absolute Gasteiger partial charge is 0.351 e. The molecule has 4 N–H and O–H groups in total. The molecular weight excluding hydrogens is 445 g/mol. The number of hydrogen-bond donors (Lipinski definition) is 4. The van der Waals surface area contributed by atoms with Gasteiger partial charge in [0.2, 0.25) is 5.95 Å². The Morgan fingerprint density at radius 1 is 1.22 bits per heavy atom. The number of hydroxylamine groups is 1. The van der Waals surface area contributed by atoms with Gasteiger partial charge in [-0.2, -0.15) is 0 Å². The molecule has 4 rings (SSSR count). The number of aromatic amines is 1. The Hall–Kier alpha value is -2.82. The lowest BCUT2D eigenvalue weighted by atomic mass is 10.1.